The van der Waals surface area contributed by atoms with Crippen LogP contribution < -0.4 is 0 Å². The summed E-state index contributed by atoms with van der Waals surface area (Å²) in [6.45, 7) is 6.79. The fraction of sp³-hybridized carbons (Fsp3) is 0.917. The van der Waals surface area contributed by atoms with Gasteiger partial charge < -0.3 is 9.47 Å². The Hall–Kier alpha value is -0.570. The van der Waals surface area contributed by atoms with Gasteiger partial charge in [-0.3, -0.25) is 4.79 Å². The van der Waals surface area contributed by atoms with E-state index in [0.717, 1.165) is 19.3 Å². The van der Waals surface area contributed by atoms with E-state index in [1.165, 1.54) is 7.11 Å². The minimum Gasteiger partial charge on any atom is -0.469 e. The van der Waals surface area contributed by atoms with Gasteiger partial charge in [-0.1, -0.05) is 13.8 Å². The summed E-state index contributed by atoms with van der Waals surface area (Å²) in [4.78, 5) is 12.0. The molecule has 1 rings (SSSR count). The van der Waals surface area contributed by atoms with Gasteiger partial charge in [-0.15, -0.1) is 0 Å². The third-order valence-electron chi connectivity index (χ3n) is 3.59. The lowest BCUT2D eigenvalue weighted by atomic mass is 9.74. The molecule has 3 nitrogen and oxygen atoms in total. The molecule has 0 saturated heterocycles. The molecule has 1 fully saturated rings. The second-order valence-corrected chi connectivity index (χ2v) is 4.52. The Morgan fingerprint density at radius 1 is 1.53 bits per heavy atom. The Bertz CT molecular complexity index is 225. The highest BCUT2D eigenvalue weighted by Gasteiger charge is 2.52. The van der Waals surface area contributed by atoms with Gasteiger partial charge in [0, 0.05) is 6.61 Å². The highest BCUT2D eigenvalue weighted by molar-refractivity contribution is 5.78. The predicted octanol–water partition coefficient (Wildman–Crippen LogP) is 2.39. The highest BCUT2D eigenvalue weighted by Crippen LogP contribution is 2.46. The SMILES string of the molecule is CCOC1CCCC1(C(=O)OC)C(C)C. The number of ether oxygens (including phenoxy) is 2. The molecule has 0 aliphatic heterocycles. The van der Waals surface area contributed by atoms with E-state index in [-0.39, 0.29) is 18.0 Å². The Kier molecular flexibility index (Phi) is 4.14. The van der Waals surface area contributed by atoms with Crippen molar-refractivity contribution in [3.8, 4) is 0 Å². The molecule has 1 aliphatic carbocycles. The number of rotatable bonds is 4. The lowest BCUT2D eigenvalue weighted by Gasteiger charge is -2.35. The van der Waals surface area contributed by atoms with Crippen molar-refractivity contribution in [2.24, 2.45) is 11.3 Å². The number of carbonyl (C=O) groups is 1. The van der Waals surface area contributed by atoms with Crippen LogP contribution in [0.3, 0.4) is 0 Å². The van der Waals surface area contributed by atoms with Crippen molar-refractivity contribution < 1.29 is 14.3 Å². The van der Waals surface area contributed by atoms with Crippen LogP contribution in [0.1, 0.15) is 40.0 Å². The fourth-order valence-electron chi connectivity index (χ4n) is 2.75. The van der Waals surface area contributed by atoms with Crippen LogP contribution in [-0.4, -0.2) is 25.8 Å². The summed E-state index contributed by atoms with van der Waals surface area (Å²) in [5.41, 5.74) is -0.412. The fourth-order valence-corrected chi connectivity index (χ4v) is 2.75. The van der Waals surface area contributed by atoms with Crippen molar-refractivity contribution in [1.82, 2.24) is 0 Å². The minimum absolute atomic E-state index is 0.0370. The monoisotopic (exact) mass is 214 g/mol. The van der Waals surface area contributed by atoms with Crippen LogP contribution in [0.15, 0.2) is 0 Å². The van der Waals surface area contributed by atoms with Crippen LogP contribution in [0.4, 0.5) is 0 Å². The Balaban J connectivity index is 2.93. The zero-order chi connectivity index (χ0) is 11.5. The molecule has 0 radical (unpaired) electrons. The van der Waals surface area contributed by atoms with Crippen molar-refractivity contribution in [2.75, 3.05) is 13.7 Å². The number of hydrogen-bond donors (Lipinski definition) is 0. The third kappa shape index (κ3) is 2.03. The summed E-state index contributed by atoms with van der Waals surface area (Å²) in [6, 6.07) is 0. The first-order valence-corrected chi connectivity index (χ1v) is 5.79. The van der Waals surface area contributed by atoms with Crippen LogP contribution >= 0.6 is 0 Å². The molecule has 0 aromatic heterocycles. The molecule has 15 heavy (non-hydrogen) atoms. The molecule has 0 aromatic carbocycles. The summed E-state index contributed by atoms with van der Waals surface area (Å²) in [7, 11) is 1.47. The van der Waals surface area contributed by atoms with Gasteiger partial charge in [0.05, 0.1) is 18.6 Å². The molecule has 2 unspecified atom stereocenters. The summed E-state index contributed by atoms with van der Waals surface area (Å²) in [5.74, 6) is 0.164. The molecule has 1 aliphatic rings. The Morgan fingerprint density at radius 2 is 2.20 bits per heavy atom. The van der Waals surface area contributed by atoms with E-state index in [4.69, 9.17) is 9.47 Å². The van der Waals surface area contributed by atoms with E-state index in [0.29, 0.717) is 6.61 Å². The maximum absolute atomic E-state index is 12.0. The molecule has 0 amide bonds. The zero-order valence-electron chi connectivity index (χ0n) is 10.2. The first-order chi connectivity index (χ1) is 7.09. The second kappa shape index (κ2) is 4.97. The standard InChI is InChI=1S/C12H22O3/c1-5-15-10-7-6-8-12(10,9(2)3)11(13)14-4/h9-10H,5-8H2,1-4H3. The molecule has 0 heterocycles. The van der Waals surface area contributed by atoms with E-state index in [1.54, 1.807) is 0 Å². The molecule has 88 valence electrons. The van der Waals surface area contributed by atoms with Gasteiger partial charge in [0.2, 0.25) is 0 Å². The van der Waals surface area contributed by atoms with Crippen molar-refractivity contribution >= 4 is 5.97 Å². The lowest BCUT2D eigenvalue weighted by molar-refractivity contribution is -0.165. The Morgan fingerprint density at radius 3 is 2.67 bits per heavy atom. The summed E-state index contributed by atoms with van der Waals surface area (Å²) < 4.78 is 10.7. The van der Waals surface area contributed by atoms with E-state index in [9.17, 15) is 4.79 Å². The van der Waals surface area contributed by atoms with E-state index < -0.39 is 5.41 Å². The van der Waals surface area contributed by atoms with Crippen molar-refractivity contribution in [2.45, 2.75) is 46.1 Å². The molecular weight excluding hydrogens is 192 g/mol. The minimum atomic E-state index is -0.412. The first kappa shape index (κ1) is 12.5. The van der Waals surface area contributed by atoms with Gasteiger partial charge in [0.25, 0.3) is 0 Å². The maximum Gasteiger partial charge on any atom is 0.314 e. The van der Waals surface area contributed by atoms with Crippen molar-refractivity contribution in [3.63, 3.8) is 0 Å². The van der Waals surface area contributed by atoms with Crippen LogP contribution in [0.2, 0.25) is 0 Å². The van der Waals surface area contributed by atoms with Gasteiger partial charge in [-0.25, -0.2) is 0 Å². The average Bonchev–Trinajstić information content (AvgIpc) is 2.62. The molecule has 0 aromatic rings. The summed E-state index contributed by atoms with van der Waals surface area (Å²) >= 11 is 0. The highest BCUT2D eigenvalue weighted by atomic mass is 16.5. The number of methoxy groups -OCH3 is 1. The quantitative estimate of drug-likeness (QED) is 0.674. The number of esters is 1. The lowest BCUT2D eigenvalue weighted by Crippen LogP contribution is -2.45. The normalized spacial score (nSPS) is 30.9. The van der Waals surface area contributed by atoms with Gasteiger partial charge >= 0.3 is 5.97 Å². The molecule has 2 atom stereocenters. The third-order valence-corrected chi connectivity index (χ3v) is 3.59. The Labute approximate surface area is 92.1 Å². The van der Waals surface area contributed by atoms with E-state index in [2.05, 4.69) is 13.8 Å². The van der Waals surface area contributed by atoms with Crippen LogP contribution in [0, 0.1) is 11.3 Å². The van der Waals surface area contributed by atoms with Crippen LogP contribution in [0.5, 0.6) is 0 Å². The van der Waals surface area contributed by atoms with Gasteiger partial charge in [-0.2, -0.15) is 0 Å². The van der Waals surface area contributed by atoms with Crippen LogP contribution in [-0.2, 0) is 14.3 Å². The van der Waals surface area contributed by atoms with E-state index >= 15 is 0 Å². The van der Waals surface area contributed by atoms with E-state index in [1.807, 2.05) is 6.92 Å². The smallest absolute Gasteiger partial charge is 0.314 e. The van der Waals surface area contributed by atoms with Crippen molar-refractivity contribution in [1.29, 1.82) is 0 Å². The zero-order valence-corrected chi connectivity index (χ0v) is 10.2. The summed E-state index contributed by atoms with van der Waals surface area (Å²) in [6.07, 6.45) is 2.95. The maximum atomic E-state index is 12.0. The molecule has 3 heteroatoms. The molecule has 0 bridgehead atoms. The molecule has 0 spiro atoms. The van der Waals surface area contributed by atoms with Crippen molar-refractivity contribution in [3.05, 3.63) is 0 Å². The van der Waals surface area contributed by atoms with Gasteiger partial charge in [0.15, 0.2) is 0 Å². The largest absolute Gasteiger partial charge is 0.469 e. The summed E-state index contributed by atoms with van der Waals surface area (Å²) in [5, 5.41) is 0. The van der Waals surface area contributed by atoms with Gasteiger partial charge in [-0.05, 0) is 32.1 Å². The molecular formula is C12H22O3. The first-order valence-electron chi connectivity index (χ1n) is 5.79. The predicted molar refractivity (Wildman–Crippen MR) is 58.6 cm³/mol. The molecule has 1 saturated carbocycles. The molecule has 0 N–H and O–H groups in total. The van der Waals surface area contributed by atoms with Crippen LogP contribution in [0.25, 0.3) is 0 Å². The average molecular weight is 214 g/mol. The van der Waals surface area contributed by atoms with Gasteiger partial charge in [0.1, 0.15) is 0 Å². The second-order valence-electron chi connectivity index (χ2n) is 4.52. The number of hydrogen-bond acceptors (Lipinski definition) is 3. The topological polar surface area (TPSA) is 35.5 Å². The number of carbonyl (C=O) groups excluding carboxylic acids is 1.